The lowest BCUT2D eigenvalue weighted by atomic mass is 10.1. The Balaban J connectivity index is 1.90. The lowest BCUT2D eigenvalue weighted by molar-refractivity contribution is -0.116. The predicted molar refractivity (Wildman–Crippen MR) is 87.7 cm³/mol. The molecular weight excluding hydrogens is 407 g/mol. The Hall–Kier alpha value is -0.650. The van der Waals surface area contributed by atoms with Crippen LogP contribution in [0.2, 0.25) is 0 Å². The molecule has 2 rings (SSSR count). The van der Waals surface area contributed by atoms with E-state index in [0.717, 1.165) is 14.9 Å². The van der Waals surface area contributed by atoms with Gasteiger partial charge in [0.1, 0.15) is 11.6 Å². The first kappa shape index (κ1) is 15.7. The quantitative estimate of drug-likeness (QED) is 0.617. The van der Waals surface area contributed by atoms with Crippen LogP contribution < -0.4 is 0 Å². The summed E-state index contributed by atoms with van der Waals surface area (Å²) in [5.41, 5.74) is 0.813. The summed E-state index contributed by atoms with van der Waals surface area (Å²) >= 11 is 8.15. The summed E-state index contributed by atoms with van der Waals surface area (Å²) in [6.07, 6.45) is 0.310. The van der Waals surface area contributed by atoms with E-state index in [9.17, 15) is 9.18 Å². The Morgan fingerprint density at radius 2 is 1.80 bits per heavy atom. The van der Waals surface area contributed by atoms with E-state index >= 15 is 0 Å². The van der Waals surface area contributed by atoms with Crippen molar-refractivity contribution in [2.24, 2.45) is 0 Å². The number of hydrogen-bond acceptors (Lipinski definition) is 2. The Labute approximate surface area is 138 Å². The smallest absolute Gasteiger partial charge is 0.147 e. The summed E-state index contributed by atoms with van der Waals surface area (Å²) in [7, 11) is 0. The third-order valence-electron chi connectivity index (χ3n) is 2.62. The zero-order valence-corrected chi connectivity index (χ0v) is 14.4. The van der Waals surface area contributed by atoms with Crippen molar-refractivity contribution < 1.29 is 9.18 Å². The molecule has 0 aliphatic carbocycles. The zero-order chi connectivity index (χ0) is 14.5. The van der Waals surface area contributed by atoms with Gasteiger partial charge in [-0.15, -0.1) is 11.8 Å². The molecule has 0 fully saturated rings. The molecule has 0 radical (unpaired) electrons. The van der Waals surface area contributed by atoms with Gasteiger partial charge in [-0.3, -0.25) is 4.79 Å². The number of hydrogen-bond donors (Lipinski definition) is 0. The van der Waals surface area contributed by atoms with Crippen LogP contribution in [0.1, 0.15) is 5.56 Å². The lowest BCUT2D eigenvalue weighted by Gasteiger charge is -2.04. The van der Waals surface area contributed by atoms with Gasteiger partial charge in [0.15, 0.2) is 0 Å². The average Bonchev–Trinajstić information content (AvgIpc) is 2.41. The van der Waals surface area contributed by atoms with E-state index in [0.29, 0.717) is 16.6 Å². The number of rotatable bonds is 5. The highest BCUT2D eigenvalue weighted by molar-refractivity contribution is 9.10. The Bertz CT molecular complexity index is 614. The van der Waals surface area contributed by atoms with Crippen LogP contribution in [0.4, 0.5) is 4.39 Å². The number of ketones is 1. The topological polar surface area (TPSA) is 17.1 Å². The van der Waals surface area contributed by atoms with Crippen molar-refractivity contribution in [1.82, 2.24) is 0 Å². The summed E-state index contributed by atoms with van der Waals surface area (Å²) < 4.78 is 14.6. The number of Topliss-reactive ketones (excluding diaryl/α,β-unsaturated/α-hetero) is 1. The van der Waals surface area contributed by atoms with Crippen molar-refractivity contribution in [3.8, 4) is 0 Å². The van der Waals surface area contributed by atoms with Crippen LogP contribution in [0.3, 0.4) is 0 Å². The van der Waals surface area contributed by atoms with Crippen molar-refractivity contribution in [3.63, 3.8) is 0 Å². The highest BCUT2D eigenvalue weighted by Crippen LogP contribution is 2.22. The molecule has 104 valence electrons. The normalized spacial score (nSPS) is 10.6. The number of carbonyl (C=O) groups is 1. The molecule has 0 atom stereocenters. The lowest BCUT2D eigenvalue weighted by Crippen LogP contribution is -2.06. The molecule has 0 heterocycles. The fraction of sp³-hybridized carbons (Fsp3) is 0.133. The minimum atomic E-state index is -0.308. The summed E-state index contributed by atoms with van der Waals surface area (Å²) in [4.78, 5) is 13.0. The first-order chi connectivity index (χ1) is 9.54. The minimum absolute atomic E-state index is 0.116. The van der Waals surface area contributed by atoms with Gasteiger partial charge in [-0.1, -0.05) is 37.9 Å². The van der Waals surface area contributed by atoms with Gasteiger partial charge in [0.25, 0.3) is 0 Å². The van der Waals surface area contributed by atoms with Crippen molar-refractivity contribution >= 4 is 49.4 Å². The van der Waals surface area contributed by atoms with Crippen LogP contribution in [0, 0.1) is 5.82 Å². The van der Waals surface area contributed by atoms with Crippen molar-refractivity contribution in [1.29, 1.82) is 0 Å². The predicted octanol–water partition coefficient (Wildman–Crippen LogP) is 5.25. The molecule has 0 aromatic heterocycles. The molecule has 0 saturated carbocycles. The average molecular weight is 418 g/mol. The van der Waals surface area contributed by atoms with Crippen LogP contribution in [0.5, 0.6) is 0 Å². The van der Waals surface area contributed by atoms with Crippen molar-refractivity contribution in [2.45, 2.75) is 11.3 Å². The summed E-state index contributed by atoms with van der Waals surface area (Å²) in [5, 5.41) is 0. The zero-order valence-electron chi connectivity index (χ0n) is 10.4. The maximum absolute atomic E-state index is 13.0. The summed E-state index contributed by atoms with van der Waals surface area (Å²) in [6.45, 7) is 0. The molecule has 5 heteroatoms. The van der Waals surface area contributed by atoms with Crippen LogP contribution in [-0.2, 0) is 11.2 Å². The maximum Gasteiger partial charge on any atom is 0.147 e. The second-order valence-corrected chi connectivity index (χ2v) is 7.01. The second kappa shape index (κ2) is 7.38. The van der Waals surface area contributed by atoms with Crippen LogP contribution >= 0.6 is 43.6 Å². The Kier molecular flexibility index (Phi) is 5.81. The van der Waals surface area contributed by atoms with Crippen LogP contribution in [0.15, 0.2) is 56.3 Å². The van der Waals surface area contributed by atoms with E-state index in [1.807, 2.05) is 24.3 Å². The molecule has 2 aromatic rings. The highest BCUT2D eigenvalue weighted by atomic mass is 79.9. The minimum Gasteiger partial charge on any atom is -0.298 e. The molecule has 0 aliphatic heterocycles. The molecule has 0 aliphatic rings. The molecular formula is C15H11Br2FOS. The van der Waals surface area contributed by atoms with E-state index in [-0.39, 0.29) is 11.6 Å². The third kappa shape index (κ3) is 4.72. The van der Waals surface area contributed by atoms with E-state index in [1.165, 1.54) is 23.9 Å². The van der Waals surface area contributed by atoms with Gasteiger partial charge >= 0.3 is 0 Å². The standard InChI is InChI=1S/C15H11Br2FOS/c16-11-2-5-14(6-3-11)20-9-13(19)7-10-1-4-12(18)8-15(10)17/h1-6,8H,7,9H2. The Morgan fingerprint density at radius 1 is 1.10 bits per heavy atom. The highest BCUT2D eigenvalue weighted by Gasteiger charge is 2.08. The van der Waals surface area contributed by atoms with E-state index in [1.54, 1.807) is 6.07 Å². The first-order valence-electron chi connectivity index (χ1n) is 5.88. The molecule has 0 saturated heterocycles. The van der Waals surface area contributed by atoms with E-state index in [4.69, 9.17) is 0 Å². The van der Waals surface area contributed by atoms with Crippen molar-refractivity contribution in [3.05, 3.63) is 62.8 Å². The SMILES string of the molecule is O=C(CSc1ccc(Br)cc1)Cc1ccc(F)cc1Br. The maximum atomic E-state index is 13.0. The van der Waals surface area contributed by atoms with E-state index < -0.39 is 0 Å². The fourth-order valence-corrected chi connectivity index (χ4v) is 3.14. The van der Waals surface area contributed by atoms with Gasteiger partial charge in [-0.05, 0) is 42.0 Å². The summed E-state index contributed by atoms with van der Waals surface area (Å²) in [5.74, 6) is 0.216. The second-order valence-electron chi connectivity index (χ2n) is 4.19. The van der Waals surface area contributed by atoms with Gasteiger partial charge in [0.2, 0.25) is 0 Å². The molecule has 0 amide bonds. The fourth-order valence-electron chi connectivity index (χ4n) is 1.62. The third-order valence-corrected chi connectivity index (χ3v) is 4.95. The number of thioether (sulfide) groups is 1. The largest absolute Gasteiger partial charge is 0.298 e. The number of halogens is 3. The molecule has 20 heavy (non-hydrogen) atoms. The van der Waals surface area contributed by atoms with Gasteiger partial charge in [-0.25, -0.2) is 4.39 Å². The van der Waals surface area contributed by atoms with Crippen molar-refractivity contribution in [2.75, 3.05) is 5.75 Å². The van der Waals surface area contributed by atoms with Crippen LogP contribution in [-0.4, -0.2) is 11.5 Å². The first-order valence-corrected chi connectivity index (χ1v) is 8.46. The van der Waals surface area contributed by atoms with Gasteiger partial charge in [0.05, 0.1) is 5.75 Å². The molecule has 0 spiro atoms. The molecule has 0 bridgehead atoms. The number of benzene rings is 2. The van der Waals surface area contributed by atoms with Crippen LogP contribution in [0.25, 0.3) is 0 Å². The molecule has 0 N–H and O–H groups in total. The molecule has 1 nitrogen and oxygen atoms in total. The molecule has 0 unspecified atom stereocenters. The monoisotopic (exact) mass is 416 g/mol. The van der Waals surface area contributed by atoms with Gasteiger partial charge in [0, 0.05) is 20.3 Å². The molecule has 2 aromatic carbocycles. The van der Waals surface area contributed by atoms with Gasteiger partial charge < -0.3 is 0 Å². The summed E-state index contributed by atoms with van der Waals surface area (Å²) in [6, 6.07) is 12.2. The van der Waals surface area contributed by atoms with Gasteiger partial charge in [-0.2, -0.15) is 0 Å². The van der Waals surface area contributed by atoms with E-state index in [2.05, 4.69) is 31.9 Å². The Morgan fingerprint density at radius 3 is 2.45 bits per heavy atom. The number of carbonyl (C=O) groups excluding carboxylic acids is 1.